The molecule has 1 aromatic heterocycles. The van der Waals surface area contributed by atoms with E-state index in [4.69, 9.17) is 12.2 Å². The summed E-state index contributed by atoms with van der Waals surface area (Å²) in [5.41, 5.74) is 2.48. The van der Waals surface area contributed by atoms with Gasteiger partial charge in [0.15, 0.2) is 4.77 Å². The van der Waals surface area contributed by atoms with Gasteiger partial charge in [-0.2, -0.15) is 0 Å². The Hall–Kier alpha value is -2.01. The van der Waals surface area contributed by atoms with Crippen LogP contribution in [-0.2, 0) is 6.54 Å². The van der Waals surface area contributed by atoms with E-state index in [2.05, 4.69) is 4.98 Å². The Morgan fingerprint density at radius 2 is 1.90 bits per heavy atom. The van der Waals surface area contributed by atoms with Crippen LogP contribution >= 0.6 is 12.2 Å². The van der Waals surface area contributed by atoms with Crippen molar-refractivity contribution >= 4 is 23.3 Å². The van der Waals surface area contributed by atoms with Crippen LogP contribution in [0.4, 0.5) is 8.78 Å². The highest BCUT2D eigenvalue weighted by Gasteiger charge is 2.10. The number of rotatable bonds is 2. The van der Waals surface area contributed by atoms with Gasteiger partial charge < -0.3 is 9.55 Å². The zero-order valence-corrected chi connectivity index (χ0v) is 11.6. The van der Waals surface area contributed by atoms with E-state index in [1.54, 1.807) is 35.8 Å². The third-order valence-electron chi connectivity index (χ3n) is 3.34. The molecule has 2 aromatic carbocycles. The molecule has 5 heteroatoms. The highest BCUT2D eigenvalue weighted by molar-refractivity contribution is 7.71. The zero-order chi connectivity index (χ0) is 14.3. The van der Waals surface area contributed by atoms with Gasteiger partial charge in [-0.05, 0) is 42.9 Å². The van der Waals surface area contributed by atoms with E-state index in [0.717, 1.165) is 5.52 Å². The van der Waals surface area contributed by atoms with Gasteiger partial charge in [0.2, 0.25) is 0 Å². The first kappa shape index (κ1) is 13.0. The van der Waals surface area contributed by atoms with Crippen molar-refractivity contribution in [2.75, 3.05) is 0 Å². The second-order valence-corrected chi connectivity index (χ2v) is 5.11. The molecule has 2 nitrogen and oxygen atoms in total. The van der Waals surface area contributed by atoms with E-state index in [1.807, 2.05) is 0 Å². The fourth-order valence-corrected chi connectivity index (χ4v) is 2.51. The fraction of sp³-hybridized carbons (Fsp3) is 0.133. The van der Waals surface area contributed by atoms with Crippen molar-refractivity contribution in [1.82, 2.24) is 9.55 Å². The summed E-state index contributed by atoms with van der Waals surface area (Å²) in [6.07, 6.45) is 0. The molecule has 0 spiro atoms. The molecule has 0 unspecified atom stereocenters. The van der Waals surface area contributed by atoms with Crippen molar-refractivity contribution in [1.29, 1.82) is 0 Å². The van der Waals surface area contributed by atoms with E-state index >= 15 is 0 Å². The second-order valence-electron chi connectivity index (χ2n) is 4.73. The van der Waals surface area contributed by atoms with E-state index in [0.29, 0.717) is 28.0 Å². The average Bonchev–Trinajstić information content (AvgIpc) is 2.69. The highest BCUT2D eigenvalue weighted by Crippen LogP contribution is 2.20. The van der Waals surface area contributed by atoms with Gasteiger partial charge >= 0.3 is 0 Å². The molecule has 0 atom stereocenters. The summed E-state index contributed by atoms with van der Waals surface area (Å²) >= 11 is 5.24. The Morgan fingerprint density at radius 3 is 2.65 bits per heavy atom. The number of benzene rings is 2. The molecular formula is C15H12F2N2S. The fourth-order valence-electron chi connectivity index (χ4n) is 2.24. The monoisotopic (exact) mass is 290 g/mol. The number of hydrogen-bond acceptors (Lipinski definition) is 1. The summed E-state index contributed by atoms with van der Waals surface area (Å²) in [5, 5.41) is 0. The topological polar surface area (TPSA) is 20.7 Å². The summed E-state index contributed by atoms with van der Waals surface area (Å²) in [5.74, 6) is -0.561. The molecule has 102 valence electrons. The minimum absolute atomic E-state index is 0.275. The number of aryl methyl sites for hydroxylation is 1. The molecule has 20 heavy (non-hydrogen) atoms. The van der Waals surface area contributed by atoms with Crippen molar-refractivity contribution in [3.63, 3.8) is 0 Å². The summed E-state index contributed by atoms with van der Waals surface area (Å²) in [6.45, 7) is 2.01. The lowest BCUT2D eigenvalue weighted by Gasteiger charge is -2.06. The summed E-state index contributed by atoms with van der Waals surface area (Å²) in [6, 6.07) is 9.69. The Balaban J connectivity index is 2.17. The number of aromatic amines is 1. The number of nitrogens with zero attached hydrogens (tertiary/aromatic N) is 1. The smallest absolute Gasteiger partial charge is 0.178 e. The largest absolute Gasteiger partial charge is 0.330 e. The maximum absolute atomic E-state index is 13.7. The number of fused-ring (bicyclic) bond motifs is 1. The first-order valence-electron chi connectivity index (χ1n) is 6.18. The van der Waals surface area contributed by atoms with Crippen LogP contribution in [0, 0.1) is 23.3 Å². The van der Waals surface area contributed by atoms with Crippen LogP contribution in [-0.4, -0.2) is 9.55 Å². The van der Waals surface area contributed by atoms with E-state index in [-0.39, 0.29) is 11.6 Å². The first-order chi connectivity index (χ1) is 9.56. The lowest BCUT2D eigenvalue weighted by atomic mass is 10.2. The van der Waals surface area contributed by atoms with Gasteiger partial charge in [-0.15, -0.1) is 0 Å². The summed E-state index contributed by atoms with van der Waals surface area (Å²) in [7, 11) is 0. The van der Waals surface area contributed by atoms with E-state index < -0.39 is 0 Å². The molecule has 0 aliphatic rings. The highest BCUT2D eigenvalue weighted by atomic mass is 32.1. The Labute approximate surface area is 119 Å². The van der Waals surface area contributed by atoms with Gasteiger partial charge in [0.1, 0.15) is 11.6 Å². The molecule has 1 N–H and O–H groups in total. The molecule has 3 aromatic rings. The number of hydrogen-bond donors (Lipinski definition) is 1. The second kappa shape index (κ2) is 4.83. The number of nitrogens with one attached hydrogen (secondary N) is 1. The van der Waals surface area contributed by atoms with Crippen molar-refractivity contribution in [3.8, 4) is 0 Å². The van der Waals surface area contributed by atoms with Gasteiger partial charge in [-0.3, -0.25) is 0 Å². The molecular weight excluding hydrogens is 278 g/mol. The minimum Gasteiger partial charge on any atom is -0.330 e. The van der Waals surface area contributed by atoms with Crippen molar-refractivity contribution in [2.45, 2.75) is 13.5 Å². The van der Waals surface area contributed by atoms with Crippen LogP contribution in [0.1, 0.15) is 11.1 Å². The van der Waals surface area contributed by atoms with E-state index in [9.17, 15) is 8.78 Å². The molecule has 0 aliphatic heterocycles. The van der Waals surface area contributed by atoms with Gasteiger partial charge in [0, 0.05) is 5.56 Å². The van der Waals surface area contributed by atoms with Crippen molar-refractivity contribution in [2.24, 2.45) is 0 Å². The maximum atomic E-state index is 13.7. The van der Waals surface area contributed by atoms with Crippen LogP contribution in [0.25, 0.3) is 11.0 Å². The van der Waals surface area contributed by atoms with Gasteiger partial charge in [0.25, 0.3) is 0 Å². The lowest BCUT2D eigenvalue weighted by molar-refractivity contribution is 0.600. The molecule has 0 fully saturated rings. The Morgan fingerprint density at radius 1 is 1.15 bits per heavy atom. The molecule has 0 radical (unpaired) electrons. The molecule has 1 heterocycles. The number of imidazole rings is 1. The van der Waals surface area contributed by atoms with Crippen LogP contribution in [0.15, 0.2) is 36.4 Å². The summed E-state index contributed by atoms with van der Waals surface area (Å²) in [4.78, 5) is 2.95. The molecule has 0 aliphatic carbocycles. The molecule has 0 saturated heterocycles. The predicted molar refractivity (Wildman–Crippen MR) is 77.3 cm³/mol. The van der Waals surface area contributed by atoms with Crippen LogP contribution in [0.2, 0.25) is 0 Å². The van der Waals surface area contributed by atoms with Crippen LogP contribution in [0.3, 0.4) is 0 Å². The first-order valence-corrected chi connectivity index (χ1v) is 6.59. The molecule has 0 bridgehead atoms. The standard InChI is InChI=1S/C15H12F2N2S/c1-9-6-14-13(7-12(9)17)18-15(20)19(14)8-10-4-2-3-5-11(10)16/h2-7H,8H2,1H3,(H,18,20). The normalized spacial score (nSPS) is 11.2. The van der Waals surface area contributed by atoms with Gasteiger partial charge in [0.05, 0.1) is 17.6 Å². The minimum atomic E-state index is -0.285. The molecule has 0 saturated carbocycles. The maximum Gasteiger partial charge on any atom is 0.178 e. The third kappa shape index (κ3) is 2.14. The number of halogens is 2. The third-order valence-corrected chi connectivity index (χ3v) is 3.66. The zero-order valence-electron chi connectivity index (χ0n) is 10.8. The molecule has 3 rings (SSSR count). The SMILES string of the molecule is Cc1cc2c(cc1F)[nH]c(=S)n2Cc1ccccc1F. The Bertz CT molecular complexity index is 849. The molecule has 0 amide bonds. The van der Waals surface area contributed by atoms with Crippen LogP contribution in [0.5, 0.6) is 0 Å². The number of H-pyrrole nitrogens is 1. The lowest BCUT2D eigenvalue weighted by Crippen LogP contribution is -2.02. The Kier molecular flexibility index (Phi) is 3.14. The van der Waals surface area contributed by atoms with Crippen LogP contribution < -0.4 is 0 Å². The van der Waals surface area contributed by atoms with Crippen molar-refractivity contribution in [3.05, 3.63) is 63.9 Å². The summed E-state index contributed by atoms with van der Waals surface area (Å²) < 4.78 is 29.5. The van der Waals surface area contributed by atoms with Gasteiger partial charge in [-0.1, -0.05) is 18.2 Å². The quantitative estimate of drug-likeness (QED) is 0.697. The average molecular weight is 290 g/mol. The van der Waals surface area contributed by atoms with Crippen molar-refractivity contribution < 1.29 is 8.78 Å². The van der Waals surface area contributed by atoms with Gasteiger partial charge in [-0.25, -0.2) is 8.78 Å². The predicted octanol–water partition coefficient (Wildman–Crippen LogP) is 4.33. The van der Waals surface area contributed by atoms with E-state index in [1.165, 1.54) is 12.1 Å². The number of aromatic nitrogens is 2.